The van der Waals surface area contributed by atoms with Gasteiger partial charge >= 0.3 is 0 Å². The largest absolute Gasteiger partial charge is 0.374 e. The number of aromatic nitrogens is 2. The van der Waals surface area contributed by atoms with Crippen LogP contribution >= 0.6 is 0 Å². The van der Waals surface area contributed by atoms with Crippen molar-refractivity contribution in [1.29, 1.82) is 0 Å². The van der Waals surface area contributed by atoms with E-state index in [-0.39, 0.29) is 11.5 Å². The van der Waals surface area contributed by atoms with Crippen LogP contribution in [0.1, 0.15) is 64.6 Å². The summed E-state index contributed by atoms with van der Waals surface area (Å²) in [5, 5.41) is 4.18. The van der Waals surface area contributed by atoms with Crippen LogP contribution < -0.4 is 5.73 Å². The minimum Gasteiger partial charge on any atom is -0.374 e. The zero-order valence-electron chi connectivity index (χ0n) is 12.1. The number of hydrogen-bond donors (Lipinski definition) is 1. The van der Waals surface area contributed by atoms with Crippen LogP contribution in [0.15, 0.2) is 4.52 Å². The van der Waals surface area contributed by atoms with Gasteiger partial charge in [0.05, 0.1) is 23.5 Å². The summed E-state index contributed by atoms with van der Waals surface area (Å²) in [5.41, 5.74) is 5.45. The van der Waals surface area contributed by atoms with Crippen LogP contribution in [0.4, 0.5) is 0 Å². The highest BCUT2D eigenvalue weighted by Gasteiger charge is 2.45. The molecule has 2 aliphatic rings. The third-order valence-corrected chi connectivity index (χ3v) is 5.02. The molecule has 0 amide bonds. The van der Waals surface area contributed by atoms with Gasteiger partial charge in [0.15, 0.2) is 5.82 Å². The van der Waals surface area contributed by atoms with Crippen LogP contribution in [0.3, 0.4) is 0 Å². The third-order valence-electron chi connectivity index (χ3n) is 5.02. The lowest BCUT2D eigenvalue weighted by Crippen LogP contribution is -2.50. The zero-order chi connectivity index (χ0) is 13.8. The van der Waals surface area contributed by atoms with Crippen molar-refractivity contribution in [2.75, 3.05) is 0 Å². The molecule has 0 saturated carbocycles. The van der Waals surface area contributed by atoms with Gasteiger partial charge < -0.3 is 15.0 Å². The Morgan fingerprint density at radius 3 is 2.47 bits per heavy atom. The fourth-order valence-electron chi connectivity index (χ4n) is 2.82. The maximum Gasteiger partial charge on any atom is 0.234 e. The molecule has 1 aromatic rings. The highest BCUT2D eigenvalue weighted by Crippen LogP contribution is 2.44. The van der Waals surface area contributed by atoms with Gasteiger partial charge in [-0.3, -0.25) is 0 Å². The van der Waals surface area contributed by atoms with Crippen LogP contribution in [0.2, 0.25) is 0 Å². The highest BCUT2D eigenvalue weighted by atomic mass is 16.5. The Labute approximate surface area is 113 Å². The molecule has 3 heterocycles. The number of ether oxygens (including phenoxy) is 1. The molecule has 0 radical (unpaired) electrons. The first-order chi connectivity index (χ1) is 8.79. The Balaban J connectivity index is 1.84. The van der Waals surface area contributed by atoms with E-state index in [1.807, 2.05) is 27.7 Å². The number of rotatable bonds is 3. The van der Waals surface area contributed by atoms with Gasteiger partial charge in [-0.2, -0.15) is 4.98 Å². The molecule has 3 unspecified atom stereocenters. The van der Waals surface area contributed by atoms with E-state index >= 15 is 0 Å². The van der Waals surface area contributed by atoms with Crippen LogP contribution in [0.25, 0.3) is 0 Å². The molecular formula is C14H23N3O2. The van der Waals surface area contributed by atoms with Crippen LogP contribution in [0, 0.1) is 0 Å². The van der Waals surface area contributed by atoms with Gasteiger partial charge in [0.25, 0.3) is 0 Å². The molecule has 3 atom stereocenters. The number of hydrogen-bond acceptors (Lipinski definition) is 5. The second kappa shape index (κ2) is 4.03. The molecule has 0 aromatic carbocycles. The molecule has 2 saturated heterocycles. The molecule has 3 rings (SSSR count). The van der Waals surface area contributed by atoms with E-state index < -0.39 is 5.54 Å². The van der Waals surface area contributed by atoms with Crippen LogP contribution in [0.5, 0.6) is 0 Å². The number of nitrogens with zero attached hydrogens (tertiary/aromatic N) is 2. The van der Waals surface area contributed by atoms with E-state index in [1.54, 1.807) is 0 Å². The van der Waals surface area contributed by atoms with E-state index in [1.165, 1.54) is 6.42 Å². The average molecular weight is 265 g/mol. The molecule has 106 valence electrons. The predicted molar refractivity (Wildman–Crippen MR) is 70.8 cm³/mol. The average Bonchev–Trinajstić information content (AvgIpc) is 3.03. The summed E-state index contributed by atoms with van der Waals surface area (Å²) in [6.45, 7) is 8.05. The van der Waals surface area contributed by atoms with Gasteiger partial charge in [-0.25, -0.2) is 0 Å². The topological polar surface area (TPSA) is 74.2 Å². The Morgan fingerprint density at radius 2 is 1.95 bits per heavy atom. The van der Waals surface area contributed by atoms with Crippen molar-refractivity contribution < 1.29 is 9.26 Å². The lowest BCUT2D eigenvalue weighted by atomic mass is 9.75. The molecule has 19 heavy (non-hydrogen) atoms. The normalized spacial score (nSPS) is 31.1. The monoisotopic (exact) mass is 265 g/mol. The van der Waals surface area contributed by atoms with Gasteiger partial charge in [0.2, 0.25) is 5.89 Å². The molecule has 0 aliphatic carbocycles. The SMILES string of the molecule is CC(C)(N)C(C)(C)c1nc(C2CC3CCC2O3)no1. The van der Waals surface area contributed by atoms with E-state index in [0.717, 1.165) is 18.7 Å². The van der Waals surface area contributed by atoms with E-state index in [4.69, 9.17) is 15.0 Å². The maximum absolute atomic E-state index is 6.22. The Morgan fingerprint density at radius 1 is 1.21 bits per heavy atom. The lowest BCUT2D eigenvalue weighted by Gasteiger charge is -2.34. The van der Waals surface area contributed by atoms with Gasteiger partial charge in [-0.15, -0.1) is 0 Å². The minimum atomic E-state index is -0.415. The van der Waals surface area contributed by atoms with Gasteiger partial charge in [-0.1, -0.05) is 5.16 Å². The second-order valence-corrected chi connectivity index (χ2v) is 7.02. The molecule has 1 aromatic heterocycles. The molecule has 5 nitrogen and oxygen atoms in total. The van der Waals surface area contributed by atoms with E-state index in [0.29, 0.717) is 17.9 Å². The first-order valence-electron chi connectivity index (χ1n) is 7.07. The van der Waals surface area contributed by atoms with Gasteiger partial charge in [0, 0.05) is 5.54 Å². The molecular weight excluding hydrogens is 242 g/mol. The van der Waals surface area contributed by atoms with Crippen molar-refractivity contribution >= 4 is 0 Å². The minimum absolute atomic E-state index is 0.282. The van der Waals surface area contributed by atoms with Crippen molar-refractivity contribution in [3.63, 3.8) is 0 Å². The van der Waals surface area contributed by atoms with E-state index in [2.05, 4.69) is 10.1 Å². The maximum atomic E-state index is 6.22. The molecule has 2 N–H and O–H groups in total. The van der Waals surface area contributed by atoms with Gasteiger partial charge in [-0.05, 0) is 47.0 Å². The predicted octanol–water partition coefficient (Wildman–Crippen LogP) is 2.12. The summed E-state index contributed by atoms with van der Waals surface area (Å²) in [7, 11) is 0. The summed E-state index contributed by atoms with van der Waals surface area (Å²) >= 11 is 0. The molecule has 2 bridgehead atoms. The summed E-state index contributed by atoms with van der Waals surface area (Å²) in [6.07, 6.45) is 3.99. The van der Waals surface area contributed by atoms with Crippen molar-refractivity contribution in [3.05, 3.63) is 11.7 Å². The first kappa shape index (κ1) is 13.1. The van der Waals surface area contributed by atoms with Crippen molar-refractivity contribution in [3.8, 4) is 0 Å². The highest BCUT2D eigenvalue weighted by molar-refractivity contribution is 5.14. The van der Waals surface area contributed by atoms with Crippen LogP contribution in [-0.4, -0.2) is 27.9 Å². The fourth-order valence-corrected chi connectivity index (χ4v) is 2.82. The van der Waals surface area contributed by atoms with Crippen molar-refractivity contribution in [2.24, 2.45) is 5.73 Å². The number of fused-ring (bicyclic) bond motifs is 2. The van der Waals surface area contributed by atoms with Crippen LogP contribution in [-0.2, 0) is 10.2 Å². The molecule has 5 heteroatoms. The Bertz CT molecular complexity index is 475. The van der Waals surface area contributed by atoms with Gasteiger partial charge in [0.1, 0.15) is 0 Å². The molecule has 0 spiro atoms. The Kier molecular flexibility index (Phi) is 2.77. The van der Waals surface area contributed by atoms with Crippen molar-refractivity contribution in [2.45, 2.75) is 76.0 Å². The second-order valence-electron chi connectivity index (χ2n) is 7.02. The van der Waals surface area contributed by atoms with E-state index in [9.17, 15) is 0 Å². The summed E-state index contributed by atoms with van der Waals surface area (Å²) < 4.78 is 11.3. The molecule has 2 fully saturated rings. The van der Waals surface area contributed by atoms with Crippen molar-refractivity contribution in [1.82, 2.24) is 10.1 Å². The standard InChI is InChI=1S/C14H23N3O2/c1-13(2,14(3,4)15)12-16-11(17-19-12)9-7-8-5-6-10(9)18-8/h8-10H,5-7,15H2,1-4H3. The summed E-state index contributed by atoms with van der Waals surface area (Å²) in [6, 6.07) is 0. The zero-order valence-corrected chi connectivity index (χ0v) is 12.1. The smallest absolute Gasteiger partial charge is 0.234 e. The lowest BCUT2D eigenvalue weighted by molar-refractivity contribution is 0.0996. The number of nitrogens with two attached hydrogens (primary N) is 1. The summed E-state index contributed by atoms with van der Waals surface area (Å²) in [4.78, 5) is 4.61. The quantitative estimate of drug-likeness (QED) is 0.906. The first-order valence-corrected chi connectivity index (χ1v) is 7.07. The third kappa shape index (κ3) is 1.99. The molecule has 2 aliphatic heterocycles. The summed E-state index contributed by atoms with van der Waals surface area (Å²) in [5.74, 6) is 1.71. The Hall–Kier alpha value is -0.940. The fraction of sp³-hybridized carbons (Fsp3) is 0.857.